The Kier molecular flexibility index (Phi) is 10.9. The second-order valence-corrected chi connectivity index (χ2v) is 13.3. The molecule has 4 rings (SSSR count). The van der Waals surface area contributed by atoms with Gasteiger partial charge in [0.2, 0.25) is 11.8 Å². The van der Waals surface area contributed by atoms with E-state index in [9.17, 15) is 18.0 Å². The molecule has 3 aromatic carbocycles. The largest absolute Gasteiger partial charge is 0.349 e. The lowest BCUT2D eigenvalue weighted by Gasteiger charge is -2.38. The summed E-state index contributed by atoms with van der Waals surface area (Å²) in [6.07, 6.45) is 4.06. The predicted molar refractivity (Wildman–Crippen MR) is 167 cm³/mol. The average molecular weight is 590 g/mol. The number of nitrogens with one attached hydrogen (secondary N) is 1. The van der Waals surface area contributed by atoms with Crippen molar-refractivity contribution < 1.29 is 18.0 Å². The van der Waals surface area contributed by atoms with E-state index in [1.54, 1.807) is 24.3 Å². The van der Waals surface area contributed by atoms with Crippen LogP contribution in [0.3, 0.4) is 0 Å². The number of hydrogen-bond acceptors (Lipinski definition) is 5. The van der Waals surface area contributed by atoms with E-state index in [4.69, 9.17) is 0 Å². The number of likely N-dealkylation sites (tertiary alicyclic amines) is 1. The molecule has 2 amide bonds. The first-order chi connectivity index (χ1) is 20.2. The number of nitrogens with zero attached hydrogens (tertiary/aromatic N) is 2. The van der Waals surface area contributed by atoms with Gasteiger partial charge in [-0.05, 0) is 61.9 Å². The molecular weight excluding hydrogens is 546 g/mol. The van der Waals surface area contributed by atoms with Crippen LogP contribution in [0, 0.1) is 0 Å². The van der Waals surface area contributed by atoms with Gasteiger partial charge in [0.05, 0.1) is 23.3 Å². The quantitative estimate of drug-likeness (QED) is 0.322. The van der Waals surface area contributed by atoms with E-state index in [0.29, 0.717) is 6.54 Å². The van der Waals surface area contributed by atoms with Gasteiger partial charge in [0.25, 0.3) is 0 Å². The van der Waals surface area contributed by atoms with Crippen molar-refractivity contribution in [1.82, 2.24) is 15.1 Å². The molecule has 0 spiro atoms. The molecule has 1 heterocycles. The predicted octanol–water partition coefficient (Wildman–Crippen LogP) is 5.00. The van der Waals surface area contributed by atoms with Crippen LogP contribution in [0.25, 0.3) is 0 Å². The van der Waals surface area contributed by atoms with E-state index >= 15 is 0 Å². The molecule has 0 aromatic heterocycles. The van der Waals surface area contributed by atoms with Crippen molar-refractivity contribution in [3.8, 4) is 0 Å². The maximum atomic E-state index is 13.2. The lowest BCUT2D eigenvalue weighted by molar-refractivity contribution is -0.133. The summed E-state index contributed by atoms with van der Waals surface area (Å²) in [5, 5.41) is 3.31. The topological polar surface area (TPSA) is 86.8 Å². The number of benzene rings is 3. The normalized spacial score (nSPS) is 16.0. The van der Waals surface area contributed by atoms with Gasteiger partial charge in [-0.2, -0.15) is 0 Å². The summed E-state index contributed by atoms with van der Waals surface area (Å²) in [4.78, 5) is 31.1. The highest BCUT2D eigenvalue weighted by Crippen LogP contribution is 2.23. The number of piperidine rings is 1. The summed E-state index contributed by atoms with van der Waals surface area (Å²) in [6.45, 7) is 7.26. The van der Waals surface area contributed by atoms with Crippen LogP contribution in [0.1, 0.15) is 61.8 Å². The van der Waals surface area contributed by atoms with Gasteiger partial charge in [-0.1, -0.05) is 72.8 Å². The zero-order chi connectivity index (χ0) is 30.1. The average Bonchev–Trinajstić information content (AvgIpc) is 3.00. The van der Waals surface area contributed by atoms with Gasteiger partial charge < -0.3 is 15.1 Å². The molecule has 8 heteroatoms. The first-order valence-corrected chi connectivity index (χ1v) is 16.8. The summed E-state index contributed by atoms with van der Waals surface area (Å²) >= 11 is 0. The highest BCUT2D eigenvalue weighted by molar-refractivity contribution is 7.90. The second kappa shape index (κ2) is 14.6. The molecule has 0 unspecified atom stereocenters. The Balaban J connectivity index is 1.31. The van der Waals surface area contributed by atoms with Crippen LogP contribution in [0.4, 0.5) is 0 Å². The fraction of sp³-hybridized carbons (Fsp3) is 0.412. The molecule has 0 aliphatic carbocycles. The Labute approximate surface area is 250 Å². The zero-order valence-electron chi connectivity index (χ0n) is 24.9. The van der Waals surface area contributed by atoms with E-state index < -0.39 is 9.84 Å². The highest BCUT2D eigenvalue weighted by Gasteiger charge is 2.28. The Morgan fingerprint density at radius 3 is 2.02 bits per heavy atom. The molecule has 1 saturated heterocycles. The molecule has 0 radical (unpaired) electrons. The van der Waals surface area contributed by atoms with Crippen molar-refractivity contribution in [2.24, 2.45) is 0 Å². The molecule has 0 bridgehead atoms. The van der Waals surface area contributed by atoms with Gasteiger partial charge in [-0.3, -0.25) is 9.59 Å². The molecule has 1 N–H and O–H groups in total. The van der Waals surface area contributed by atoms with Crippen molar-refractivity contribution in [3.63, 3.8) is 0 Å². The maximum absolute atomic E-state index is 13.2. The molecule has 1 aliphatic heterocycles. The first-order valence-electron chi connectivity index (χ1n) is 14.9. The SMILES string of the molecule is CCN(C(=O)Cc1ccc(S(C)(=O)=O)cc1)C1CCN(CC[C@H](NC(=O)[C@@H](C)c2ccccc2)c2ccccc2)CC1. The minimum atomic E-state index is -3.26. The van der Waals surface area contributed by atoms with Crippen LogP contribution < -0.4 is 5.32 Å². The molecule has 224 valence electrons. The van der Waals surface area contributed by atoms with E-state index in [0.717, 1.165) is 55.6 Å². The van der Waals surface area contributed by atoms with Crippen LogP contribution in [-0.2, 0) is 25.8 Å². The molecule has 7 nitrogen and oxygen atoms in total. The zero-order valence-corrected chi connectivity index (χ0v) is 25.7. The number of hydrogen-bond donors (Lipinski definition) is 1. The Morgan fingerprint density at radius 2 is 1.48 bits per heavy atom. The number of carbonyl (C=O) groups excluding carboxylic acids is 2. The van der Waals surface area contributed by atoms with Crippen molar-refractivity contribution in [2.75, 3.05) is 32.4 Å². The van der Waals surface area contributed by atoms with Crippen LogP contribution >= 0.6 is 0 Å². The second-order valence-electron chi connectivity index (χ2n) is 11.2. The smallest absolute Gasteiger partial charge is 0.227 e. The van der Waals surface area contributed by atoms with Crippen LogP contribution in [0.2, 0.25) is 0 Å². The van der Waals surface area contributed by atoms with Crippen molar-refractivity contribution in [2.45, 2.75) is 62.4 Å². The standard InChI is InChI=1S/C34H43N3O4S/c1-4-37(33(38)25-27-15-17-31(18-16-27)42(3,40)41)30-19-22-36(23-20-30)24-21-32(29-13-9-6-10-14-29)35-34(39)26(2)28-11-7-5-8-12-28/h5-18,26,30,32H,4,19-25H2,1-3H3,(H,35,39)/t26-,32-/m0/s1. The van der Waals surface area contributed by atoms with E-state index in [1.165, 1.54) is 6.26 Å². The fourth-order valence-corrected chi connectivity index (χ4v) is 6.36. The minimum absolute atomic E-state index is 0.0248. The van der Waals surface area contributed by atoms with Gasteiger partial charge in [0.15, 0.2) is 9.84 Å². The summed E-state index contributed by atoms with van der Waals surface area (Å²) in [5.41, 5.74) is 2.93. The van der Waals surface area contributed by atoms with Crippen molar-refractivity contribution in [1.29, 1.82) is 0 Å². The number of sulfone groups is 1. The third-order valence-corrected chi connectivity index (χ3v) is 9.44. The van der Waals surface area contributed by atoms with Gasteiger partial charge in [-0.25, -0.2) is 8.42 Å². The lowest BCUT2D eigenvalue weighted by Crippen LogP contribution is -2.48. The highest BCUT2D eigenvalue weighted by atomic mass is 32.2. The molecule has 2 atom stereocenters. The Bertz CT molecular complexity index is 1400. The summed E-state index contributed by atoms with van der Waals surface area (Å²) in [6, 6.07) is 26.7. The molecular formula is C34H43N3O4S. The number of carbonyl (C=O) groups is 2. The monoisotopic (exact) mass is 589 g/mol. The van der Waals surface area contributed by atoms with E-state index in [2.05, 4.69) is 22.3 Å². The van der Waals surface area contributed by atoms with Crippen LogP contribution in [0.15, 0.2) is 89.8 Å². The van der Waals surface area contributed by atoms with Crippen molar-refractivity contribution >= 4 is 21.7 Å². The Morgan fingerprint density at radius 1 is 0.905 bits per heavy atom. The summed E-state index contributed by atoms with van der Waals surface area (Å²) < 4.78 is 23.5. The lowest BCUT2D eigenvalue weighted by atomic mass is 9.97. The van der Waals surface area contributed by atoms with Crippen LogP contribution in [0.5, 0.6) is 0 Å². The minimum Gasteiger partial charge on any atom is -0.349 e. The third kappa shape index (κ3) is 8.52. The molecule has 1 aliphatic rings. The maximum Gasteiger partial charge on any atom is 0.227 e. The molecule has 42 heavy (non-hydrogen) atoms. The van der Waals surface area contributed by atoms with E-state index in [1.807, 2.05) is 67.3 Å². The number of likely N-dealkylation sites (N-methyl/N-ethyl adjacent to an activating group) is 1. The molecule has 1 fully saturated rings. The van der Waals surface area contributed by atoms with Gasteiger partial charge >= 0.3 is 0 Å². The Hall–Kier alpha value is -3.49. The summed E-state index contributed by atoms with van der Waals surface area (Å²) in [7, 11) is -3.26. The van der Waals surface area contributed by atoms with Gasteiger partial charge in [-0.15, -0.1) is 0 Å². The van der Waals surface area contributed by atoms with Crippen molar-refractivity contribution in [3.05, 3.63) is 102 Å². The summed E-state index contributed by atoms with van der Waals surface area (Å²) in [5.74, 6) is -0.136. The first kappa shape index (κ1) is 31.4. The fourth-order valence-electron chi connectivity index (χ4n) is 5.73. The molecule has 0 saturated carbocycles. The molecule has 3 aromatic rings. The van der Waals surface area contributed by atoms with Gasteiger partial charge in [0.1, 0.15) is 0 Å². The third-order valence-electron chi connectivity index (χ3n) is 8.31. The van der Waals surface area contributed by atoms with Crippen LogP contribution in [-0.4, -0.2) is 68.5 Å². The van der Waals surface area contributed by atoms with Gasteiger partial charge in [0, 0.05) is 38.5 Å². The number of amides is 2. The number of rotatable bonds is 12. The van der Waals surface area contributed by atoms with E-state index in [-0.39, 0.29) is 41.1 Å².